The largest absolute Gasteiger partial charge is 0.510 e. The summed E-state index contributed by atoms with van der Waals surface area (Å²) in [7, 11) is -13.5. The van der Waals surface area contributed by atoms with E-state index in [1.165, 1.54) is 67.9 Å². The van der Waals surface area contributed by atoms with Crippen LogP contribution in [-0.4, -0.2) is 205 Å². The van der Waals surface area contributed by atoms with Gasteiger partial charge in [-0.15, -0.1) is 0 Å². The van der Waals surface area contributed by atoms with Gasteiger partial charge in [-0.05, 0) is 226 Å². The lowest BCUT2D eigenvalue weighted by atomic mass is 9.95. The van der Waals surface area contributed by atoms with E-state index >= 15 is 0 Å². The molecule has 0 spiro atoms. The number of esters is 8. The summed E-state index contributed by atoms with van der Waals surface area (Å²) >= 11 is 0. The maximum absolute atomic E-state index is 13.0. The van der Waals surface area contributed by atoms with E-state index < -0.39 is 109 Å². The molecule has 0 radical (unpaired) electrons. The lowest BCUT2D eigenvalue weighted by Crippen LogP contribution is -2.32. The van der Waals surface area contributed by atoms with Crippen LogP contribution in [0.2, 0.25) is 0 Å². The van der Waals surface area contributed by atoms with E-state index in [2.05, 4.69) is 54.1 Å². The smallest absolute Gasteiger partial charge is 0.463 e. The first-order valence-corrected chi connectivity index (χ1v) is 58.2. The highest BCUT2D eigenvalue weighted by Gasteiger charge is 2.42. The zero-order valence-corrected chi connectivity index (χ0v) is 102. The number of phosphoric ester groups is 2. The van der Waals surface area contributed by atoms with Gasteiger partial charge in [0.25, 0.3) is 0 Å². The molecule has 0 saturated heterocycles. The maximum atomic E-state index is 13.0. The zero-order valence-electron chi connectivity index (χ0n) is 98.0. The Morgan fingerprint density at radius 3 is 1.07 bits per heavy atom. The first-order chi connectivity index (χ1) is 68.1. The molecule has 0 fully saturated rings. The average molecular weight is 2200 g/mol. The Morgan fingerprint density at radius 2 is 0.743 bits per heavy atom. The van der Waals surface area contributed by atoms with E-state index in [4.69, 9.17) is 78.8 Å². The van der Waals surface area contributed by atoms with Gasteiger partial charge in [0, 0.05) is 84.0 Å². The minimum atomic E-state index is -4.25. The third-order valence-electron chi connectivity index (χ3n) is 17.9. The van der Waals surface area contributed by atoms with Gasteiger partial charge in [-0.1, -0.05) is 183 Å². The number of carbonyl (C=O) groups is 13. The fourth-order valence-corrected chi connectivity index (χ4v) is 14.8. The highest BCUT2D eigenvalue weighted by molar-refractivity contribution is 7.58. The van der Waals surface area contributed by atoms with Crippen molar-refractivity contribution in [1.29, 1.82) is 0 Å². The predicted octanol–water partition coefficient (Wildman–Crippen LogP) is 25.8. The van der Waals surface area contributed by atoms with Crippen molar-refractivity contribution in [1.82, 2.24) is 5.32 Å². The van der Waals surface area contributed by atoms with Crippen LogP contribution in [-0.2, 0) is 167 Å². The average Bonchev–Trinajstić information content (AvgIpc) is 0.821. The van der Waals surface area contributed by atoms with Crippen LogP contribution in [0, 0.1) is 53.3 Å². The molecular weight excluding hydrogens is 2000 g/mol. The van der Waals surface area contributed by atoms with E-state index in [-0.39, 0.29) is 78.7 Å². The van der Waals surface area contributed by atoms with E-state index in [9.17, 15) is 80.6 Å². The Kier molecular flexibility index (Phi) is 95.8. The first kappa shape index (κ1) is 157. The van der Waals surface area contributed by atoms with Crippen LogP contribution in [0.3, 0.4) is 0 Å². The number of hydrogen-bond acceptors (Lipinski definition) is 37. The third-order valence-corrected chi connectivity index (χ3v) is 25.0. The highest BCUT2D eigenvalue weighted by atomic mass is 31.2. The van der Waals surface area contributed by atoms with Crippen molar-refractivity contribution in [3.63, 3.8) is 0 Å². The summed E-state index contributed by atoms with van der Waals surface area (Å²) in [5.41, 5.74) is 2.09. The molecule has 2 aromatic carbocycles. The summed E-state index contributed by atoms with van der Waals surface area (Å²) in [5.74, 6) is 0.192. The topological polar surface area (TPSA) is 487 Å². The molecule has 0 aliphatic carbocycles. The molecule has 0 aromatic heterocycles. The molecule has 0 aliphatic heterocycles. The summed E-state index contributed by atoms with van der Waals surface area (Å²) in [6, 6.07) is 14.2. The second-order valence-electron chi connectivity index (χ2n) is 37.3. The van der Waals surface area contributed by atoms with E-state index in [0.29, 0.717) is 105 Å². The van der Waals surface area contributed by atoms with Crippen LogP contribution < -0.4 is 5.32 Å². The molecule has 1 N–H and O–H groups in total. The molecule has 42 heteroatoms. The van der Waals surface area contributed by atoms with Gasteiger partial charge in [-0.3, -0.25) is 42.2 Å². The van der Waals surface area contributed by atoms with E-state index in [0.717, 1.165) is 48.2 Å². The molecule has 864 valence electrons. The standard InChI is InChI=1S/C17H27O4P.C15H29O9P.C15H23O4P.C12H23O9P.C11H18O4.C9H14O3.C8H16O2.C6H13NO.C6H12O.C5H12.C2H6/c1-6-20-22(5,19)12-11-15-7-9-16(10-8-15)17(18)21-14(4)13(2)3;1-9-19-14(17)21-13(6)23-25(18,22-12(5)20-11(4)16)24-15(7,8)10(2)3;1-5-19-20(4,17)11-13-6-8-14(9-7-13)15(16)18-10-12(2)3;1-7-16-12(14)18-11(6)21-22(15,19-8(2)3)20-10(5)17-9(4)13;1-5-14-10(12)6-7-11(13)15-9(4)8(2)3;1-7(2)6-12-9(11)5-4-8(3)10;1-5-8(9)10-7(4)6(2)3;1-5(2)4-7-6(3)8;1-5(2)4-6(3)7;1-4-5(2)3;1-2/h7-10,13-14H,6,11-12H2,1-5H3;10,12-13H,9H2,1-8H3;6-9,12H,5,10-11H2,1-4H3;8,10-11H,7H2,1-6H3;6-9H,5H2,1-4H3;4-5,7H,6H2,1-3H3;6-7H,5H2,1-4H3;5H,4H2,1-3H3,(H,7,8);5H,4H2,1-3H3;5H,4H2,1-3H3;1-2H3/b;;;;7-6+;5-4+;;;;;. The van der Waals surface area contributed by atoms with Gasteiger partial charge in [0.2, 0.25) is 45.8 Å². The molecule has 38 nitrogen and oxygen atoms in total. The van der Waals surface area contributed by atoms with Gasteiger partial charge in [-0.25, -0.2) is 60.8 Å². The summed E-state index contributed by atoms with van der Waals surface area (Å²) in [4.78, 5) is 142. The number of ketones is 2. The lowest BCUT2D eigenvalue weighted by molar-refractivity contribution is -0.165. The fraction of sp³-hybridized carbons (Fsp3) is 0.726. The molecular formula is C106H193NO37P4. The molecule has 0 heterocycles. The molecule has 1 amide bonds. The van der Waals surface area contributed by atoms with Gasteiger partial charge < -0.3 is 76.0 Å². The Balaban J connectivity index is -0.000000213. The van der Waals surface area contributed by atoms with Crippen LogP contribution in [0.25, 0.3) is 0 Å². The molecule has 11 unspecified atom stereocenters. The van der Waals surface area contributed by atoms with Gasteiger partial charge in [0.05, 0.1) is 69.1 Å². The van der Waals surface area contributed by atoms with Crippen LogP contribution in [0.15, 0.2) is 72.8 Å². The Morgan fingerprint density at radius 1 is 0.378 bits per heavy atom. The molecule has 2 aromatic rings. The molecule has 148 heavy (non-hydrogen) atoms. The Bertz CT molecular complexity index is 4220. The van der Waals surface area contributed by atoms with E-state index in [1.807, 2.05) is 151 Å². The van der Waals surface area contributed by atoms with Gasteiger partial charge in [0.15, 0.2) is 5.78 Å². The second kappa shape index (κ2) is 90.2. The Hall–Kier alpha value is -8.37. The number of carbonyl (C=O) groups excluding carboxylic acids is 13. The van der Waals surface area contributed by atoms with Crippen molar-refractivity contribution in [3.05, 3.63) is 95.1 Å². The number of benzene rings is 2. The minimum absolute atomic E-state index is 0.0432. The van der Waals surface area contributed by atoms with Crippen molar-refractivity contribution in [2.24, 2.45) is 53.3 Å². The van der Waals surface area contributed by atoms with Crippen molar-refractivity contribution in [3.8, 4) is 0 Å². The monoisotopic (exact) mass is 2200 g/mol. The van der Waals surface area contributed by atoms with Crippen molar-refractivity contribution >= 4 is 108 Å². The van der Waals surface area contributed by atoms with Crippen LogP contribution >= 0.6 is 30.4 Å². The number of amides is 1. The van der Waals surface area contributed by atoms with Crippen molar-refractivity contribution < 1.29 is 174 Å². The molecule has 0 aliphatic rings. The first-order valence-electron chi connectivity index (χ1n) is 50.7. The summed E-state index contributed by atoms with van der Waals surface area (Å²) in [5, 5.41) is 2.71. The SMILES string of the molecule is CC.CC(=O)/C=C/C(=O)OCC(C)C.CC(=O)CC(C)C.CC(=O)NCC(C)C.CCC(=O)OC(C)C(C)C.CCC(C)C.CCOC(=O)/C=C/C(=O)OC(C)C(C)C.CCOC(=O)OC(C)OP(=O)(OC(C)C)OC(C)OC(C)=O.CCOC(=O)OC(C)OP(=O)(OC(C)OC(C)=O)OC(C)(C)C(C)C.CCOP(C)(=O)CCc1ccc(C(=O)OC(C)C(C)C)cc1.CCOP(C)(=O)Cc1ccc(C(=O)OCC(C)C)cc1. The van der Waals surface area contributed by atoms with E-state index in [1.54, 1.807) is 119 Å². The number of nitrogens with one attached hydrogen (secondary N) is 1. The number of hydrogen-bond donors (Lipinski definition) is 1. The fourth-order valence-electron chi connectivity index (χ4n) is 8.74. The summed E-state index contributed by atoms with van der Waals surface area (Å²) < 4.78 is 149. The maximum Gasteiger partial charge on any atom is 0.510 e. The molecule has 2 rings (SSSR count). The van der Waals surface area contributed by atoms with Crippen molar-refractivity contribution in [2.75, 3.05) is 72.3 Å². The number of phosphoric acid groups is 2. The lowest BCUT2D eigenvalue weighted by Gasteiger charge is -2.34. The van der Waals surface area contributed by atoms with Crippen LogP contribution in [0.1, 0.15) is 349 Å². The number of rotatable bonds is 51. The van der Waals surface area contributed by atoms with Crippen molar-refractivity contribution in [2.45, 2.75) is 385 Å². The third kappa shape index (κ3) is 103. The number of Topliss-reactive ketones (excluding diaryl/α,β-unsaturated/α-hetero) is 1. The predicted molar refractivity (Wildman–Crippen MR) is 576 cm³/mol. The van der Waals surface area contributed by atoms with Gasteiger partial charge in [0.1, 0.15) is 24.1 Å². The Labute approximate surface area is 887 Å². The molecule has 11 atom stereocenters. The van der Waals surface area contributed by atoms with Crippen LogP contribution in [0.5, 0.6) is 0 Å². The summed E-state index contributed by atoms with van der Waals surface area (Å²) in [6.07, 6.45) is 0.940. The quantitative estimate of drug-likeness (QED) is 0.0211. The second-order valence-corrected chi connectivity index (χ2v) is 45.7. The number of ether oxygens (including phenoxy) is 12. The molecule has 0 bridgehead atoms. The number of allylic oxidation sites excluding steroid dienone is 1. The highest BCUT2D eigenvalue weighted by Crippen LogP contribution is 2.56. The minimum Gasteiger partial charge on any atom is -0.463 e. The van der Waals surface area contributed by atoms with Gasteiger partial charge >= 0.3 is 75.7 Å². The molecule has 0 saturated carbocycles. The van der Waals surface area contributed by atoms with Crippen LogP contribution in [0.4, 0.5) is 9.59 Å². The zero-order chi connectivity index (χ0) is 117. The normalized spacial score (nSPS) is 13.9. The summed E-state index contributed by atoms with van der Waals surface area (Å²) in [6.45, 7) is 83.6. The number of aryl methyl sites for hydroxylation is 1. The van der Waals surface area contributed by atoms with Gasteiger partial charge in [-0.2, -0.15) is 0 Å².